The van der Waals surface area contributed by atoms with Gasteiger partial charge in [-0.25, -0.2) is 9.78 Å². The number of aromatic nitrogens is 1. The maximum atomic E-state index is 11.8. The van der Waals surface area contributed by atoms with Crippen LogP contribution in [-0.2, 0) is 11.3 Å². The minimum Gasteiger partial charge on any atom is -0.493 e. The van der Waals surface area contributed by atoms with Gasteiger partial charge in [0.1, 0.15) is 17.4 Å². The van der Waals surface area contributed by atoms with Gasteiger partial charge in [-0.2, -0.15) is 0 Å². The van der Waals surface area contributed by atoms with E-state index in [0.717, 1.165) is 34.3 Å². The van der Waals surface area contributed by atoms with Crippen LogP contribution in [0.3, 0.4) is 0 Å². The summed E-state index contributed by atoms with van der Waals surface area (Å²) < 4.78 is 11.4. The molecule has 0 unspecified atom stereocenters. The number of nitrogens with one attached hydrogen (secondary N) is 1. The van der Waals surface area contributed by atoms with Crippen LogP contribution in [0.4, 0.5) is 4.79 Å². The lowest BCUT2D eigenvalue weighted by molar-refractivity contribution is 0.0315. The Balaban J connectivity index is 1.52. The van der Waals surface area contributed by atoms with Gasteiger partial charge in [-0.1, -0.05) is 6.42 Å². The largest absolute Gasteiger partial charge is 0.493 e. The molecule has 30 heavy (non-hydrogen) atoms. The Kier molecular flexibility index (Phi) is 7.03. The van der Waals surface area contributed by atoms with E-state index in [4.69, 9.17) is 9.47 Å². The molecular weight excluding hydrogens is 398 g/mol. The third-order valence-corrected chi connectivity index (χ3v) is 6.11. The zero-order chi connectivity index (χ0) is 21.8. The Labute approximate surface area is 183 Å². The van der Waals surface area contributed by atoms with Gasteiger partial charge in [-0.05, 0) is 72.0 Å². The van der Waals surface area contributed by atoms with E-state index < -0.39 is 6.09 Å². The highest BCUT2D eigenvalue weighted by Crippen LogP contribution is 2.41. The van der Waals surface area contributed by atoms with Gasteiger partial charge in [-0.3, -0.25) is 0 Å². The number of carbonyl (C=O) groups is 1. The van der Waals surface area contributed by atoms with E-state index >= 15 is 0 Å². The van der Waals surface area contributed by atoms with Crippen molar-refractivity contribution in [2.45, 2.75) is 52.2 Å². The predicted octanol–water partition coefficient (Wildman–Crippen LogP) is 4.95. The molecule has 1 amide bonds. The quantitative estimate of drug-likeness (QED) is 0.641. The molecule has 164 valence electrons. The molecule has 7 heteroatoms. The Morgan fingerprint density at radius 2 is 1.93 bits per heavy atom. The van der Waals surface area contributed by atoms with Crippen LogP contribution in [0, 0.1) is 5.41 Å². The number of benzene rings is 1. The van der Waals surface area contributed by atoms with Gasteiger partial charge in [0.25, 0.3) is 0 Å². The monoisotopic (exact) mass is 431 g/mol. The number of ether oxygens (including phenoxy) is 2. The first-order valence-electron chi connectivity index (χ1n) is 10.4. The van der Waals surface area contributed by atoms with Crippen molar-refractivity contribution in [3.8, 4) is 16.3 Å². The third-order valence-electron chi connectivity index (χ3n) is 5.09. The van der Waals surface area contributed by atoms with Crippen LogP contribution in [0.25, 0.3) is 10.6 Å². The van der Waals surface area contributed by atoms with Crippen molar-refractivity contribution in [3.05, 3.63) is 35.3 Å². The molecule has 0 atom stereocenters. The maximum Gasteiger partial charge on any atom is 0.407 e. The van der Waals surface area contributed by atoms with E-state index in [1.807, 2.05) is 45.0 Å². The van der Waals surface area contributed by atoms with E-state index in [1.165, 1.54) is 30.6 Å². The average Bonchev–Trinajstić information content (AvgIpc) is 3.10. The smallest absolute Gasteiger partial charge is 0.407 e. The topological polar surface area (TPSA) is 63.7 Å². The third kappa shape index (κ3) is 6.44. The molecule has 1 aromatic heterocycles. The summed E-state index contributed by atoms with van der Waals surface area (Å²) in [5.41, 5.74) is 1.01. The molecule has 1 N–H and O–H groups in total. The average molecular weight is 432 g/mol. The molecule has 0 bridgehead atoms. The molecule has 0 aliphatic heterocycles. The van der Waals surface area contributed by atoms with E-state index in [9.17, 15) is 4.79 Å². The van der Waals surface area contributed by atoms with Crippen molar-refractivity contribution in [2.75, 3.05) is 27.2 Å². The Bertz CT molecular complexity index is 836. The molecule has 1 aliphatic rings. The minimum absolute atomic E-state index is 0.217. The minimum atomic E-state index is -0.419. The number of thiazole rings is 1. The normalized spacial score (nSPS) is 15.5. The van der Waals surface area contributed by atoms with Crippen molar-refractivity contribution in [1.82, 2.24) is 15.2 Å². The number of rotatable bonds is 8. The van der Waals surface area contributed by atoms with E-state index in [2.05, 4.69) is 29.3 Å². The van der Waals surface area contributed by atoms with Crippen molar-refractivity contribution < 1.29 is 14.3 Å². The number of hydrogen-bond donors (Lipinski definition) is 1. The first-order valence-corrected chi connectivity index (χ1v) is 11.2. The van der Waals surface area contributed by atoms with Gasteiger partial charge in [0.2, 0.25) is 0 Å². The van der Waals surface area contributed by atoms with Crippen LogP contribution in [0.1, 0.15) is 44.9 Å². The van der Waals surface area contributed by atoms with Crippen LogP contribution in [-0.4, -0.2) is 48.8 Å². The van der Waals surface area contributed by atoms with Gasteiger partial charge in [0.05, 0.1) is 11.5 Å². The maximum absolute atomic E-state index is 11.8. The number of carbonyl (C=O) groups excluding carboxylic acids is 1. The molecular formula is C23H33N3O3S. The molecule has 6 nitrogen and oxygen atoms in total. The van der Waals surface area contributed by atoms with E-state index in [-0.39, 0.29) is 12.1 Å². The van der Waals surface area contributed by atoms with Crippen molar-refractivity contribution in [1.29, 1.82) is 0 Å². The fourth-order valence-electron chi connectivity index (χ4n) is 3.61. The van der Waals surface area contributed by atoms with Crippen molar-refractivity contribution in [3.63, 3.8) is 0 Å². The van der Waals surface area contributed by atoms with Crippen molar-refractivity contribution in [2.24, 2.45) is 5.41 Å². The highest BCUT2D eigenvalue weighted by molar-refractivity contribution is 7.15. The van der Waals surface area contributed by atoms with E-state index in [1.54, 1.807) is 6.20 Å². The molecule has 1 saturated carbocycles. The lowest BCUT2D eigenvalue weighted by Crippen LogP contribution is -2.44. The van der Waals surface area contributed by atoms with E-state index in [0.29, 0.717) is 5.41 Å². The fraction of sp³-hybridized carbons (Fsp3) is 0.565. The number of alkyl carbamates (subject to hydrolysis) is 1. The van der Waals surface area contributed by atoms with Gasteiger partial charge >= 0.3 is 6.09 Å². The molecule has 0 spiro atoms. The number of hydrogen-bond acceptors (Lipinski definition) is 6. The second-order valence-corrected chi connectivity index (χ2v) is 10.6. The summed E-state index contributed by atoms with van der Waals surface area (Å²) in [5.74, 6) is 0.891. The van der Waals surface area contributed by atoms with Crippen LogP contribution < -0.4 is 10.1 Å². The summed E-state index contributed by atoms with van der Waals surface area (Å²) in [6, 6.07) is 8.08. The molecule has 1 fully saturated rings. The lowest BCUT2D eigenvalue weighted by atomic mass is 9.69. The number of nitrogens with zero attached hydrogens (tertiary/aromatic N) is 2. The predicted molar refractivity (Wildman–Crippen MR) is 121 cm³/mol. The molecule has 1 aromatic carbocycles. The summed E-state index contributed by atoms with van der Waals surface area (Å²) in [5, 5.41) is 3.68. The molecule has 0 radical (unpaired) electrons. The standard InChI is InChI=1S/C23H33N3O3S/c1-22(2,3)25-21(27)28-14-19-13-24-20(30-19)17-7-9-18(10-8-17)29-16-23(11-6-12-23)15-26(4)5/h7-10,13H,6,11-12,14-16H2,1-5H3,(H,25,27). The highest BCUT2D eigenvalue weighted by Gasteiger charge is 2.38. The molecule has 1 heterocycles. The van der Waals surface area contributed by atoms with Gasteiger partial charge < -0.3 is 19.7 Å². The highest BCUT2D eigenvalue weighted by atomic mass is 32.1. The second kappa shape index (κ2) is 9.35. The zero-order valence-electron chi connectivity index (χ0n) is 18.7. The summed E-state index contributed by atoms with van der Waals surface area (Å²) in [7, 11) is 4.25. The van der Waals surface area contributed by atoms with Gasteiger partial charge in [0, 0.05) is 29.3 Å². The Morgan fingerprint density at radius 1 is 1.23 bits per heavy atom. The summed E-state index contributed by atoms with van der Waals surface area (Å²) in [6.45, 7) is 7.81. The molecule has 2 aromatic rings. The Morgan fingerprint density at radius 3 is 2.50 bits per heavy atom. The molecule has 0 saturated heterocycles. The molecule has 3 rings (SSSR count). The SMILES string of the molecule is CN(C)CC1(COc2ccc(-c3ncc(COC(=O)NC(C)(C)C)s3)cc2)CCC1. The van der Waals surface area contributed by atoms with Gasteiger partial charge in [-0.15, -0.1) is 11.3 Å². The summed E-state index contributed by atoms with van der Waals surface area (Å²) in [6.07, 6.45) is 5.11. The number of amides is 1. The second-order valence-electron chi connectivity index (χ2n) is 9.49. The van der Waals surface area contributed by atoms with Crippen molar-refractivity contribution >= 4 is 17.4 Å². The van der Waals surface area contributed by atoms with Crippen LogP contribution in [0.5, 0.6) is 5.75 Å². The first kappa shape index (κ1) is 22.6. The Hall–Kier alpha value is -2.12. The lowest BCUT2D eigenvalue weighted by Gasteiger charge is -2.43. The van der Waals surface area contributed by atoms with Gasteiger partial charge in [0.15, 0.2) is 0 Å². The first-order chi connectivity index (χ1) is 14.1. The zero-order valence-corrected chi connectivity index (χ0v) is 19.5. The van der Waals surface area contributed by atoms with Crippen LogP contribution in [0.15, 0.2) is 30.5 Å². The molecule has 1 aliphatic carbocycles. The summed E-state index contributed by atoms with van der Waals surface area (Å²) in [4.78, 5) is 19.4. The summed E-state index contributed by atoms with van der Waals surface area (Å²) >= 11 is 1.53. The van der Waals surface area contributed by atoms with Crippen LogP contribution >= 0.6 is 11.3 Å². The fourth-order valence-corrected chi connectivity index (χ4v) is 4.44. The van der Waals surface area contributed by atoms with Crippen LogP contribution in [0.2, 0.25) is 0 Å².